The fourth-order valence-corrected chi connectivity index (χ4v) is 1.97. The van der Waals surface area contributed by atoms with E-state index in [1.807, 2.05) is 24.3 Å². The lowest BCUT2D eigenvalue weighted by Gasteiger charge is -2.11. The highest BCUT2D eigenvalue weighted by atomic mass is 16.1. The number of anilines is 1. The second-order valence-electron chi connectivity index (χ2n) is 4.60. The summed E-state index contributed by atoms with van der Waals surface area (Å²) in [6, 6.07) is 9.35. The SMILES string of the molecule is Cc1nc(C(C)Cc2ccc(N)cc2)cc(=O)[nH]1. The molecular formula is C14H17N3O. The lowest BCUT2D eigenvalue weighted by atomic mass is 9.98. The Balaban J connectivity index is 2.18. The molecular weight excluding hydrogens is 226 g/mol. The van der Waals surface area contributed by atoms with Gasteiger partial charge in [0.15, 0.2) is 0 Å². The molecule has 4 nitrogen and oxygen atoms in total. The van der Waals surface area contributed by atoms with E-state index in [4.69, 9.17) is 5.73 Å². The Hall–Kier alpha value is -2.10. The van der Waals surface area contributed by atoms with E-state index in [9.17, 15) is 4.79 Å². The van der Waals surface area contributed by atoms with Gasteiger partial charge < -0.3 is 10.7 Å². The van der Waals surface area contributed by atoms with Crippen molar-refractivity contribution in [1.82, 2.24) is 9.97 Å². The minimum Gasteiger partial charge on any atom is -0.399 e. The zero-order valence-electron chi connectivity index (χ0n) is 10.6. The fourth-order valence-electron chi connectivity index (χ4n) is 1.97. The van der Waals surface area contributed by atoms with Gasteiger partial charge in [0.05, 0.1) is 5.69 Å². The normalized spacial score (nSPS) is 12.3. The number of nitrogens with zero attached hydrogens (tertiary/aromatic N) is 1. The Morgan fingerprint density at radius 3 is 2.61 bits per heavy atom. The average Bonchev–Trinajstić information content (AvgIpc) is 2.31. The molecule has 0 aliphatic rings. The lowest BCUT2D eigenvalue weighted by molar-refractivity contribution is 0.717. The number of aromatic nitrogens is 2. The summed E-state index contributed by atoms with van der Waals surface area (Å²) in [5, 5.41) is 0. The van der Waals surface area contributed by atoms with Gasteiger partial charge in [0, 0.05) is 17.7 Å². The predicted molar refractivity (Wildman–Crippen MR) is 72.6 cm³/mol. The number of nitrogen functional groups attached to an aromatic ring is 1. The molecule has 1 atom stereocenters. The molecule has 1 unspecified atom stereocenters. The number of rotatable bonds is 3. The van der Waals surface area contributed by atoms with Gasteiger partial charge in [-0.05, 0) is 31.0 Å². The molecule has 0 fully saturated rings. The summed E-state index contributed by atoms with van der Waals surface area (Å²) in [6.45, 7) is 3.86. The standard InChI is InChI=1S/C14H17N3O/c1-9(7-11-3-5-12(15)6-4-11)13-8-14(18)17-10(2)16-13/h3-6,8-9H,7,15H2,1-2H3,(H,16,17,18). The first-order valence-electron chi connectivity index (χ1n) is 5.97. The number of hydrogen-bond acceptors (Lipinski definition) is 3. The van der Waals surface area contributed by atoms with E-state index in [0.717, 1.165) is 17.8 Å². The van der Waals surface area contributed by atoms with Gasteiger partial charge in [0.1, 0.15) is 5.82 Å². The van der Waals surface area contributed by atoms with Crippen LogP contribution in [0, 0.1) is 6.92 Å². The van der Waals surface area contributed by atoms with Gasteiger partial charge in [-0.2, -0.15) is 0 Å². The van der Waals surface area contributed by atoms with Gasteiger partial charge in [0.25, 0.3) is 5.56 Å². The van der Waals surface area contributed by atoms with Crippen LogP contribution in [-0.4, -0.2) is 9.97 Å². The van der Waals surface area contributed by atoms with Crippen molar-refractivity contribution in [3.05, 3.63) is 57.8 Å². The van der Waals surface area contributed by atoms with Crippen molar-refractivity contribution < 1.29 is 0 Å². The van der Waals surface area contributed by atoms with Crippen molar-refractivity contribution in [3.63, 3.8) is 0 Å². The molecule has 3 N–H and O–H groups in total. The molecule has 0 radical (unpaired) electrons. The van der Waals surface area contributed by atoms with Crippen molar-refractivity contribution >= 4 is 5.69 Å². The molecule has 18 heavy (non-hydrogen) atoms. The molecule has 94 valence electrons. The number of aromatic amines is 1. The van der Waals surface area contributed by atoms with E-state index in [1.165, 1.54) is 5.56 Å². The molecule has 1 heterocycles. The van der Waals surface area contributed by atoms with Gasteiger partial charge in [-0.1, -0.05) is 19.1 Å². The molecule has 4 heteroatoms. The van der Waals surface area contributed by atoms with Crippen molar-refractivity contribution in [2.45, 2.75) is 26.2 Å². The van der Waals surface area contributed by atoms with Gasteiger partial charge in [-0.15, -0.1) is 0 Å². The first kappa shape index (κ1) is 12.4. The number of aryl methyl sites for hydroxylation is 1. The van der Waals surface area contributed by atoms with Crippen LogP contribution in [0.15, 0.2) is 35.1 Å². The third kappa shape index (κ3) is 2.97. The highest BCUT2D eigenvalue weighted by molar-refractivity contribution is 5.39. The molecule has 0 bridgehead atoms. The van der Waals surface area contributed by atoms with E-state index in [-0.39, 0.29) is 11.5 Å². The topological polar surface area (TPSA) is 71.8 Å². The molecule has 2 rings (SSSR count). The first-order chi connectivity index (χ1) is 8.54. The van der Waals surface area contributed by atoms with E-state index in [0.29, 0.717) is 5.82 Å². The summed E-state index contributed by atoms with van der Waals surface area (Å²) in [4.78, 5) is 18.4. The Kier molecular flexibility index (Phi) is 3.46. The van der Waals surface area contributed by atoms with Crippen LogP contribution in [0.4, 0.5) is 5.69 Å². The van der Waals surface area contributed by atoms with E-state index >= 15 is 0 Å². The van der Waals surface area contributed by atoms with Crippen LogP contribution < -0.4 is 11.3 Å². The number of hydrogen-bond donors (Lipinski definition) is 2. The molecule has 2 aromatic rings. The molecule has 0 amide bonds. The van der Waals surface area contributed by atoms with Crippen LogP contribution in [0.3, 0.4) is 0 Å². The highest BCUT2D eigenvalue weighted by Gasteiger charge is 2.09. The molecule has 0 aliphatic carbocycles. The molecule has 0 aliphatic heterocycles. The smallest absolute Gasteiger partial charge is 0.251 e. The van der Waals surface area contributed by atoms with Crippen LogP contribution in [0.2, 0.25) is 0 Å². The number of nitrogens with one attached hydrogen (secondary N) is 1. The second-order valence-corrected chi connectivity index (χ2v) is 4.60. The van der Waals surface area contributed by atoms with Crippen LogP contribution in [0.1, 0.15) is 29.9 Å². The number of H-pyrrole nitrogens is 1. The lowest BCUT2D eigenvalue weighted by Crippen LogP contribution is -2.13. The third-order valence-electron chi connectivity index (χ3n) is 2.91. The number of nitrogens with two attached hydrogens (primary N) is 1. The first-order valence-corrected chi connectivity index (χ1v) is 5.97. The van der Waals surface area contributed by atoms with Crippen molar-refractivity contribution in [2.75, 3.05) is 5.73 Å². The molecule has 1 aromatic carbocycles. The summed E-state index contributed by atoms with van der Waals surface area (Å²) in [5.74, 6) is 0.858. The fraction of sp³-hybridized carbons (Fsp3) is 0.286. The minimum absolute atomic E-state index is 0.0957. The van der Waals surface area contributed by atoms with Crippen molar-refractivity contribution in [2.24, 2.45) is 0 Å². The van der Waals surface area contributed by atoms with Crippen LogP contribution >= 0.6 is 0 Å². The monoisotopic (exact) mass is 243 g/mol. The maximum Gasteiger partial charge on any atom is 0.251 e. The maximum absolute atomic E-state index is 11.4. The summed E-state index contributed by atoms with van der Waals surface area (Å²) in [6.07, 6.45) is 0.843. The van der Waals surface area contributed by atoms with Crippen LogP contribution in [-0.2, 0) is 6.42 Å². The van der Waals surface area contributed by atoms with Crippen molar-refractivity contribution in [3.8, 4) is 0 Å². The van der Waals surface area contributed by atoms with Gasteiger partial charge in [-0.3, -0.25) is 4.79 Å². The van der Waals surface area contributed by atoms with Crippen LogP contribution in [0.25, 0.3) is 0 Å². The molecule has 0 saturated carbocycles. The molecule has 0 saturated heterocycles. The third-order valence-corrected chi connectivity index (χ3v) is 2.91. The zero-order valence-corrected chi connectivity index (χ0v) is 10.6. The van der Waals surface area contributed by atoms with Gasteiger partial charge in [0.2, 0.25) is 0 Å². The minimum atomic E-state index is -0.0957. The second kappa shape index (κ2) is 5.04. The molecule has 0 spiro atoms. The Morgan fingerprint density at radius 2 is 2.00 bits per heavy atom. The Bertz CT molecular complexity index is 587. The average molecular weight is 243 g/mol. The van der Waals surface area contributed by atoms with Gasteiger partial charge >= 0.3 is 0 Å². The number of benzene rings is 1. The van der Waals surface area contributed by atoms with Crippen LogP contribution in [0.5, 0.6) is 0 Å². The predicted octanol–water partition coefficient (Wildman–Crippen LogP) is 2.01. The van der Waals surface area contributed by atoms with Crippen molar-refractivity contribution in [1.29, 1.82) is 0 Å². The quantitative estimate of drug-likeness (QED) is 0.810. The summed E-state index contributed by atoms with van der Waals surface area (Å²) in [5.41, 5.74) is 8.33. The Morgan fingerprint density at radius 1 is 1.33 bits per heavy atom. The van der Waals surface area contributed by atoms with E-state index in [1.54, 1.807) is 13.0 Å². The maximum atomic E-state index is 11.4. The van der Waals surface area contributed by atoms with E-state index in [2.05, 4.69) is 16.9 Å². The largest absolute Gasteiger partial charge is 0.399 e. The summed E-state index contributed by atoms with van der Waals surface area (Å²) >= 11 is 0. The summed E-state index contributed by atoms with van der Waals surface area (Å²) < 4.78 is 0. The van der Waals surface area contributed by atoms with Gasteiger partial charge in [-0.25, -0.2) is 4.98 Å². The summed E-state index contributed by atoms with van der Waals surface area (Å²) in [7, 11) is 0. The highest BCUT2D eigenvalue weighted by Crippen LogP contribution is 2.18. The Labute approximate surface area is 106 Å². The zero-order chi connectivity index (χ0) is 13.1. The molecule has 1 aromatic heterocycles. The van der Waals surface area contributed by atoms with E-state index < -0.39 is 0 Å².